The number of aromatic nitrogens is 1. The number of halogens is 1. The molecule has 1 fully saturated rings. The molecule has 7 heteroatoms. The Hall–Kier alpha value is -2.05. The van der Waals surface area contributed by atoms with Gasteiger partial charge in [0.25, 0.3) is 0 Å². The number of hydrogen-bond acceptors (Lipinski definition) is 6. The number of fused-ring (bicyclic) bond motifs is 1. The number of ether oxygens (including phenoxy) is 2. The molecule has 0 N–H and O–H groups in total. The minimum absolute atomic E-state index is 0. The lowest BCUT2D eigenvalue weighted by molar-refractivity contribution is -0.0000239. The molecule has 0 unspecified atom stereocenters. The maximum absolute atomic E-state index is 12.5. The molecule has 1 aliphatic heterocycles. The molecule has 0 spiro atoms. The monoisotopic (exact) mass is 379 g/mol. The average Bonchev–Trinajstić information content (AvgIpc) is 2.62. The zero-order valence-corrected chi connectivity index (χ0v) is 16.3. The molecule has 0 radical (unpaired) electrons. The Morgan fingerprint density at radius 3 is 2.58 bits per heavy atom. The molecule has 2 heterocycles. The fourth-order valence-corrected chi connectivity index (χ4v) is 3.14. The minimum atomic E-state index is -0.326. The highest BCUT2D eigenvalue weighted by molar-refractivity contribution is 6.05. The van der Waals surface area contributed by atoms with Gasteiger partial charge in [-0.1, -0.05) is 0 Å². The van der Waals surface area contributed by atoms with Crippen LogP contribution in [0.15, 0.2) is 24.4 Å². The number of esters is 1. The van der Waals surface area contributed by atoms with Crippen LogP contribution in [0.4, 0.5) is 5.69 Å². The molecule has 3 rings (SSSR count). The fraction of sp³-hybridized carbons (Fsp3) is 0.474. The summed E-state index contributed by atoms with van der Waals surface area (Å²) < 4.78 is 10.9. The Bertz CT molecular complexity index is 767. The van der Waals surface area contributed by atoms with E-state index in [0.29, 0.717) is 18.8 Å². The van der Waals surface area contributed by atoms with Crippen LogP contribution in [0.2, 0.25) is 0 Å². The lowest BCUT2D eigenvalue weighted by Gasteiger charge is -2.35. The number of anilines is 1. The molecule has 6 nitrogen and oxygen atoms in total. The lowest BCUT2D eigenvalue weighted by Crippen LogP contribution is -3.00. The number of piperazine rings is 1. The number of hydrogen-bond donors (Lipinski definition) is 0. The molecular formula is C19H26ClN3O3. The summed E-state index contributed by atoms with van der Waals surface area (Å²) in [4.78, 5) is 21.5. The number of carbonyl (C=O) groups excluding carboxylic acids is 1. The quantitative estimate of drug-likeness (QED) is 0.664. The average molecular weight is 380 g/mol. The Morgan fingerprint density at radius 2 is 1.92 bits per heavy atom. The van der Waals surface area contributed by atoms with Crippen molar-refractivity contribution in [1.82, 2.24) is 9.88 Å². The zero-order chi connectivity index (χ0) is 17.8. The molecular weight excluding hydrogens is 354 g/mol. The third-order valence-electron chi connectivity index (χ3n) is 4.44. The SMILES string of the molecule is CCOC(=O)c1cnc2ccc(OCC)cc2c1N1CCN(C)CC1.[Cl-].[H+]. The van der Waals surface area contributed by atoms with Crippen LogP contribution in [0.5, 0.6) is 5.75 Å². The third-order valence-corrected chi connectivity index (χ3v) is 4.44. The van der Waals surface area contributed by atoms with Gasteiger partial charge < -0.3 is 31.7 Å². The highest BCUT2D eigenvalue weighted by Gasteiger charge is 2.24. The van der Waals surface area contributed by atoms with Gasteiger partial charge in [0.2, 0.25) is 0 Å². The first-order chi connectivity index (χ1) is 12.1. The van der Waals surface area contributed by atoms with Crippen LogP contribution in [0.25, 0.3) is 10.9 Å². The number of carbonyl (C=O) groups is 1. The lowest BCUT2D eigenvalue weighted by atomic mass is 10.1. The van der Waals surface area contributed by atoms with Crippen LogP contribution in [0.3, 0.4) is 0 Å². The summed E-state index contributed by atoms with van der Waals surface area (Å²) >= 11 is 0. The highest BCUT2D eigenvalue weighted by Crippen LogP contribution is 2.33. The Labute approximate surface area is 162 Å². The molecule has 0 amide bonds. The van der Waals surface area contributed by atoms with Crippen molar-refractivity contribution in [2.75, 3.05) is 51.3 Å². The van der Waals surface area contributed by atoms with E-state index >= 15 is 0 Å². The van der Waals surface area contributed by atoms with E-state index in [4.69, 9.17) is 9.47 Å². The van der Waals surface area contributed by atoms with Crippen molar-refractivity contribution in [3.05, 3.63) is 30.0 Å². The van der Waals surface area contributed by atoms with E-state index < -0.39 is 0 Å². The smallest absolute Gasteiger partial charge is 1.00 e. The summed E-state index contributed by atoms with van der Waals surface area (Å²) in [6.45, 7) is 8.35. The Morgan fingerprint density at radius 1 is 1.19 bits per heavy atom. The van der Waals surface area contributed by atoms with Crippen molar-refractivity contribution in [3.63, 3.8) is 0 Å². The van der Waals surface area contributed by atoms with Crippen molar-refractivity contribution >= 4 is 22.6 Å². The van der Waals surface area contributed by atoms with Crippen molar-refractivity contribution in [2.45, 2.75) is 13.8 Å². The fourth-order valence-electron chi connectivity index (χ4n) is 3.14. The molecule has 1 saturated heterocycles. The topological polar surface area (TPSA) is 54.9 Å². The van der Waals surface area contributed by atoms with Gasteiger partial charge in [0.05, 0.1) is 24.4 Å². The largest absolute Gasteiger partial charge is 1.00 e. The van der Waals surface area contributed by atoms with Crippen molar-refractivity contribution in [2.24, 2.45) is 0 Å². The van der Waals surface area contributed by atoms with Gasteiger partial charge in [-0.3, -0.25) is 4.98 Å². The van der Waals surface area contributed by atoms with Crippen molar-refractivity contribution in [3.8, 4) is 5.75 Å². The zero-order valence-electron chi connectivity index (χ0n) is 16.5. The van der Waals surface area contributed by atoms with E-state index in [9.17, 15) is 4.79 Å². The number of rotatable bonds is 5. The Balaban J connectivity index is 0.00000182. The predicted octanol–water partition coefficient (Wildman–Crippen LogP) is -0.321. The second-order valence-electron chi connectivity index (χ2n) is 6.14. The van der Waals surface area contributed by atoms with Gasteiger partial charge in [-0.15, -0.1) is 0 Å². The van der Waals surface area contributed by atoms with Gasteiger partial charge in [0.15, 0.2) is 0 Å². The summed E-state index contributed by atoms with van der Waals surface area (Å²) in [5, 5.41) is 0.932. The first-order valence-corrected chi connectivity index (χ1v) is 8.80. The van der Waals surface area contributed by atoms with E-state index in [1.54, 1.807) is 6.20 Å². The van der Waals surface area contributed by atoms with E-state index in [2.05, 4.69) is 21.8 Å². The van der Waals surface area contributed by atoms with E-state index in [0.717, 1.165) is 48.5 Å². The van der Waals surface area contributed by atoms with Crippen LogP contribution < -0.4 is 22.0 Å². The van der Waals surface area contributed by atoms with Crippen LogP contribution >= 0.6 is 0 Å². The first-order valence-electron chi connectivity index (χ1n) is 8.80. The van der Waals surface area contributed by atoms with E-state index in [1.807, 2.05) is 32.0 Å². The molecule has 0 aliphatic carbocycles. The molecule has 0 saturated carbocycles. The summed E-state index contributed by atoms with van der Waals surface area (Å²) in [7, 11) is 2.11. The molecule has 26 heavy (non-hydrogen) atoms. The second-order valence-corrected chi connectivity index (χ2v) is 6.14. The van der Waals surface area contributed by atoms with Crippen LogP contribution in [-0.4, -0.2) is 62.3 Å². The molecule has 1 aromatic heterocycles. The van der Waals surface area contributed by atoms with Gasteiger partial charge >= 0.3 is 7.40 Å². The summed E-state index contributed by atoms with van der Waals surface area (Å²) in [5.74, 6) is 0.459. The van der Waals surface area contributed by atoms with Gasteiger partial charge in [-0.2, -0.15) is 0 Å². The first kappa shape index (κ1) is 20.3. The molecule has 1 aliphatic rings. The van der Waals surface area contributed by atoms with Gasteiger partial charge in [0.1, 0.15) is 11.3 Å². The normalized spacial score (nSPS) is 14.8. The van der Waals surface area contributed by atoms with Crippen LogP contribution in [0, 0.1) is 0 Å². The van der Waals surface area contributed by atoms with Crippen molar-refractivity contribution in [1.29, 1.82) is 0 Å². The molecule has 1 aromatic carbocycles. The second kappa shape index (κ2) is 9.05. The van der Waals surface area contributed by atoms with Gasteiger partial charge in [0, 0.05) is 37.8 Å². The van der Waals surface area contributed by atoms with E-state index in [1.165, 1.54) is 0 Å². The van der Waals surface area contributed by atoms with Crippen LogP contribution in [0.1, 0.15) is 25.6 Å². The highest BCUT2D eigenvalue weighted by atomic mass is 35.5. The summed E-state index contributed by atoms with van der Waals surface area (Å²) in [6, 6.07) is 5.83. The maximum atomic E-state index is 12.5. The van der Waals surface area contributed by atoms with Crippen molar-refractivity contribution < 1.29 is 28.1 Å². The standard InChI is InChI=1S/C19H25N3O3.ClH/c1-4-24-14-6-7-17-15(12-14)18(22-10-8-21(3)9-11-22)16(13-20-17)19(23)25-5-2;/h6-7,12-13H,4-5,8-11H2,1-3H3;1H. The summed E-state index contributed by atoms with van der Waals surface area (Å²) in [6.07, 6.45) is 1.63. The van der Waals surface area contributed by atoms with Crippen LogP contribution in [-0.2, 0) is 4.74 Å². The number of likely N-dealkylation sites (N-methyl/N-ethyl adjacent to an activating group) is 1. The summed E-state index contributed by atoms with van der Waals surface area (Å²) in [5.41, 5.74) is 2.27. The molecule has 0 atom stereocenters. The predicted molar refractivity (Wildman–Crippen MR) is 99.7 cm³/mol. The maximum Gasteiger partial charge on any atom is 1.00 e. The Kier molecular flexibility index (Phi) is 7.06. The molecule has 142 valence electrons. The van der Waals surface area contributed by atoms with Gasteiger partial charge in [-0.25, -0.2) is 4.79 Å². The third kappa shape index (κ3) is 4.19. The number of pyridine rings is 1. The molecule has 2 aromatic rings. The number of benzene rings is 1. The minimum Gasteiger partial charge on any atom is -1.00 e. The van der Waals surface area contributed by atoms with E-state index in [-0.39, 0.29) is 19.8 Å². The molecule has 0 bridgehead atoms. The number of nitrogens with zero attached hydrogens (tertiary/aromatic N) is 3. The van der Waals surface area contributed by atoms with Gasteiger partial charge in [-0.05, 0) is 39.1 Å².